The first-order chi connectivity index (χ1) is 8.94. The van der Waals surface area contributed by atoms with Crippen LogP contribution in [0.3, 0.4) is 0 Å². The summed E-state index contributed by atoms with van der Waals surface area (Å²) in [7, 11) is 1.89. The molecule has 108 valence electrons. The number of hydrogen-bond acceptors (Lipinski definition) is 3. The third kappa shape index (κ3) is 6.21. The van der Waals surface area contributed by atoms with Crippen LogP contribution in [0.1, 0.15) is 38.0 Å². The van der Waals surface area contributed by atoms with Crippen molar-refractivity contribution in [2.75, 3.05) is 20.1 Å². The van der Waals surface area contributed by atoms with Crippen LogP contribution in [0.15, 0.2) is 17.5 Å². The molecule has 0 aliphatic rings. The van der Waals surface area contributed by atoms with E-state index in [1.165, 1.54) is 4.88 Å². The first-order valence-corrected chi connectivity index (χ1v) is 7.79. The van der Waals surface area contributed by atoms with Crippen molar-refractivity contribution in [2.45, 2.75) is 39.5 Å². The Kier molecular flexibility index (Phi) is 6.52. The monoisotopic (exact) mass is 282 g/mol. The molecule has 1 rings (SSSR count). The molecule has 0 bridgehead atoms. The van der Waals surface area contributed by atoms with E-state index in [0.29, 0.717) is 13.0 Å². The van der Waals surface area contributed by atoms with Crippen LogP contribution in [0.2, 0.25) is 0 Å². The third-order valence-electron chi connectivity index (χ3n) is 3.54. The van der Waals surface area contributed by atoms with E-state index in [-0.39, 0.29) is 11.3 Å². The molecule has 3 nitrogen and oxygen atoms in total. The van der Waals surface area contributed by atoms with Gasteiger partial charge in [-0.05, 0) is 42.7 Å². The highest BCUT2D eigenvalue weighted by Gasteiger charge is 2.19. The number of nitrogens with two attached hydrogens (primary N) is 1. The van der Waals surface area contributed by atoms with Gasteiger partial charge in [0, 0.05) is 24.9 Å². The molecular formula is C15H26N2OS. The summed E-state index contributed by atoms with van der Waals surface area (Å²) in [5.41, 5.74) is 5.75. The molecule has 0 saturated carbocycles. The van der Waals surface area contributed by atoms with Crippen LogP contribution in [0.5, 0.6) is 0 Å². The molecule has 0 aliphatic heterocycles. The minimum atomic E-state index is 0.166. The summed E-state index contributed by atoms with van der Waals surface area (Å²) >= 11 is 1.75. The van der Waals surface area contributed by atoms with Crippen molar-refractivity contribution in [3.05, 3.63) is 22.4 Å². The average molecular weight is 282 g/mol. The Morgan fingerprint density at radius 3 is 2.74 bits per heavy atom. The van der Waals surface area contributed by atoms with Crippen LogP contribution in [0.25, 0.3) is 0 Å². The summed E-state index contributed by atoms with van der Waals surface area (Å²) in [5.74, 6) is 0.238. The van der Waals surface area contributed by atoms with Gasteiger partial charge in [-0.15, -0.1) is 11.3 Å². The second kappa shape index (κ2) is 7.65. The number of likely N-dealkylation sites (N-methyl/N-ethyl adjacent to an activating group) is 1. The van der Waals surface area contributed by atoms with Gasteiger partial charge in [-0.1, -0.05) is 19.9 Å². The number of nitrogens with zero attached hydrogens (tertiary/aromatic N) is 1. The molecule has 2 N–H and O–H groups in total. The maximum atomic E-state index is 12.1. The number of carbonyl (C=O) groups is 1. The Morgan fingerprint density at radius 2 is 2.16 bits per heavy atom. The Hall–Kier alpha value is -0.870. The van der Waals surface area contributed by atoms with E-state index in [1.54, 1.807) is 11.3 Å². The second-order valence-corrected chi connectivity index (χ2v) is 6.88. The van der Waals surface area contributed by atoms with Gasteiger partial charge in [0.25, 0.3) is 0 Å². The van der Waals surface area contributed by atoms with E-state index in [9.17, 15) is 4.79 Å². The zero-order valence-electron chi connectivity index (χ0n) is 12.3. The second-order valence-electron chi connectivity index (χ2n) is 5.85. The van der Waals surface area contributed by atoms with Gasteiger partial charge in [0.05, 0.1) is 0 Å². The molecular weight excluding hydrogens is 256 g/mol. The van der Waals surface area contributed by atoms with Crippen molar-refractivity contribution in [1.29, 1.82) is 0 Å². The summed E-state index contributed by atoms with van der Waals surface area (Å²) < 4.78 is 0. The van der Waals surface area contributed by atoms with Crippen molar-refractivity contribution < 1.29 is 4.79 Å². The summed E-state index contributed by atoms with van der Waals surface area (Å²) in [6, 6.07) is 4.17. The normalized spacial score (nSPS) is 11.6. The average Bonchev–Trinajstić information content (AvgIpc) is 2.86. The lowest BCUT2D eigenvalue weighted by Crippen LogP contribution is -2.30. The summed E-state index contributed by atoms with van der Waals surface area (Å²) in [5, 5.41) is 2.08. The van der Waals surface area contributed by atoms with E-state index < -0.39 is 0 Å². The lowest BCUT2D eigenvalue weighted by molar-refractivity contribution is -0.130. The molecule has 1 aromatic heterocycles. The number of rotatable bonds is 8. The smallest absolute Gasteiger partial charge is 0.222 e. The van der Waals surface area contributed by atoms with Crippen LogP contribution in [0, 0.1) is 5.41 Å². The molecule has 0 atom stereocenters. The largest absolute Gasteiger partial charge is 0.345 e. The van der Waals surface area contributed by atoms with Gasteiger partial charge < -0.3 is 10.6 Å². The van der Waals surface area contributed by atoms with Gasteiger partial charge in [0.1, 0.15) is 0 Å². The SMILES string of the molecule is CN(CCc1cccs1)C(=O)CCC(C)(C)CCN. The fourth-order valence-electron chi connectivity index (χ4n) is 2.01. The number of thiophene rings is 1. The molecule has 19 heavy (non-hydrogen) atoms. The molecule has 0 saturated heterocycles. The topological polar surface area (TPSA) is 46.3 Å². The van der Waals surface area contributed by atoms with E-state index >= 15 is 0 Å². The van der Waals surface area contributed by atoms with E-state index in [2.05, 4.69) is 31.4 Å². The first-order valence-electron chi connectivity index (χ1n) is 6.91. The minimum Gasteiger partial charge on any atom is -0.345 e. The Labute approximate surface area is 120 Å². The quantitative estimate of drug-likeness (QED) is 0.797. The van der Waals surface area contributed by atoms with Gasteiger partial charge in [0.2, 0.25) is 5.91 Å². The number of carbonyl (C=O) groups excluding carboxylic acids is 1. The predicted molar refractivity (Wildman–Crippen MR) is 82.3 cm³/mol. The minimum absolute atomic E-state index is 0.166. The predicted octanol–water partition coefficient (Wildman–Crippen LogP) is 2.90. The highest BCUT2D eigenvalue weighted by molar-refractivity contribution is 7.09. The van der Waals surface area contributed by atoms with Crippen LogP contribution in [-0.4, -0.2) is 30.9 Å². The highest BCUT2D eigenvalue weighted by Crippen LogP contribution is 2.26. The maximum absolute atomic E-state index is 12.1. The van der Waals surface area contributed by atoms with Crippen LogP contribution >= 0.6 is 11.3 Å². The maximum Gasteiger partial charge on any atom is 0.222 e. The molecule has 0 aromatic carbocycles. The van der Waals surface area contributed by atoms with Gasteiger partial charge in [0.15, 0.2) is 0 Å². The van der Waals surface area contributed by atoms with Crippen molar-refractivity contribution in [1.82, 2.24) is 4.90 Å². The fraction of sp³-hybridized carbons (Fsp3) is 0.667. The number of hydrogen-bond donors (Lipinski definition) is 1. The van der Waals surface area contributed by atoms with E-state index in [1.807, 2.05) is 11.9 Å². The first kappa shape index (κ1) is 16.2. The summed E-state index contributed by atoms with van der Waals surface area (Å²) in [6.07, 6.45) is 3.45. The zero-order chi connectivity index (χ0) is 14.3. The van der Waals surface area contributed by atoms with Crippen molar-refractivity contribution in [2.24, 2.45) is 11.1 Å². The molecule has 1 aromatic rings. The fourth-order valence-corrected chi connectivity index (χ4v) is 2.71. The van der Waals surface area contributed by atoms with Crippen molar-refractivity contribution >= 4 is 17.2 Å². The Bertz CT molecular complexity index is 374. The van der Waals surface area contributed by atoms with E-state index in [4.69, 9.17) is 5.73 Å². The lowest BCUT2D eigenvalue weighted by atomic mass is 9.84. The van der Waals surface area contributed by atoms with Crippen molar-refractivity contribution in [3.63, 3.8) is 0 Å². The van der Waals surface area contributed by atoms with Gasteiger partial charge in [-0.3, -0.25) is 4.79 Å². The summed E-state index contributed by atoms with van der Waals surface area (Å²) in [6.45, 7) is 5.85. The van der Waals surface area contributed by atoms with Gasteiger partial charge >= 0.3 is 0 Å². The molecule has 0 aliphatic carbocycles. The molecule has 4 heteroatoms. The van der Waals surface area contributed by atoms with Crippen LogP contribution in [-0.2, 0) is 11.2 Å². The number of amides is 1. The van der Waals surface area contributed by atoms with Crippen LogP contribution < -0.4 is 5.73 Å². The Morgan fingerprint density at radius 1 is 1.42 bits per heavy atom. The molecule has 0 fully saturated rings. The van der Waals surface area contributed by atoms with Crippen LogP contribution in [0.4, 0.5) is 0 Å². The summed E-state index contributed by atoms with van der Waals surface area (Å²) in [4.78, 5) is 15.2. The zero-order valence-corrected chi connectivity index (χ0v) is 13.1. The highest BCUT2D eigenvalue weighted by atomic mass is 32.1. The van der Waals surface area contributed by atoms with E-state index in [0.717, 1.165) is 25.8 Å². The molecule has 0 spiro atoms. The van der Waals surface area contributed by atoms with Gasteiger partial charge in [-0.25, -0.2) is 0 Å². The molecule has 0 unspecified atom stereocenters. The molecule has 0 radical (unpaired) electrons. The lowest BCUT2D eigenvalue weighted by Gasteiger charge is -2.25. The molecule has 1 heterocycles. The van der Waals surface area contributed by atoms with Crippen molar-refractivity contribution in [3.8, 4) is 0 Å². The Balaban J connectivity index is 2.28. The molecule has 1 amide bonds. The third-order valence-corrected chi connectivity index (χ3v) is 4.47. The van der Waals surface area contributed by atoms with Gasteiger partial charge in [-0.2, -0.15) is 0 Å². The standard InChI is InChI=1S/C15H26N2OS/c1-15(2,9-10-16)8-6-14(18)17(3)11-7-13-5-4-12-19-13/h4-5,12H,6-11,16H2,1-3H3.